The Labute approximate surface area is 114 Å². The van der Waals surface area contributed by atoms with E-state index < -0.39 is 0 Å². The summed E-state index contributed by atoms with van der Waals surface area (Å²) in [5, 5.41) is 3.04. The molecule has 0 aliphatic heterocycles. The molecule has 0 radical (unpaired) electrons. The molecule has 104 valence electrons. The third-order valence-corrected chi connectivity index (χ3v) is 3.72. The molecule has 0 bridgehead atoms. The first-order valence-electron chi connectivity index (χ1n) is 6.81. The van der Waals surface area contributed by atoms with Crippen molar-refractivity contribution in [3.05, 3.63) is 35.9 Å². The number of carbonyl (C=O) groups is 1. The van der Waals surface area contributed by atoms with Crippen LogP contribution < -0.4 is 11.1 Å². The molecule has 0 saturated heterocycles. The van der Waals surface area contributed by atoms with Crippen molar-refractivity contribution in [3.63, 3.8) is 0 Å². The zero-order valence-electron chi connectivity index (χ0n) is 11.3. The predicted octanol–water partition coefficient (Wildman–Crippen LogP) is 1.76. The molecule has 3 N–H and O–H groups in total. The first-order chi connectivity index (χ1) is 9.19. The number of benzene rings is 1. The lowest BCUT2D eigenvalue weighted by molar-refractivity contribution is -0.122. The van der Waals surface area contributed by atoms with Gasteiger partial charge in [-0.3, -0.25) is 4.79 Å². The fourth-order valence-corrected chi connectivity index (χ4v) is 2.59. The smallest absolute Gasteiger partial charge is 0.222 e. The molecule has 3 unspecified atom stereocenters. The molecule has 4 heteroatoms. The van der Waals surface area contributed by atoms with Crippen LogP contribution in [0.4, 0.5) is 0 Å². The van der Waals surface area contributed by atoms with Crippen molar-refractivity contribution in [2.24, 2.45) is 5.73 Å². The summed E-state index contributed by atoms with van der Waals surface area (Å²) in [4.78, 5) is 11.9. The summed E-state index contributed by atoms with van der Waals surface area (Å²) in [6, 6.07) is 9.73. The Morgan fingerprint density at radius 1 is 1.42 bits per heavy atom. The maximum Gasteiger partial charge on any atom is 0.222 e. The van der Waals surface area contributed by atoms with E-state index in [1.807, 2.05) is 30.3 Å². The number of nitrogens with one attached hydrogen (secondary N) is 1. The van der Waals surface area contributed by atoms with Crippen LogP contribution in [0.25, 0.3) is 0 Å². The predicted molar refractivity (Wildman–Crippen MR) is 74.6 cm³/mol. The Balaban J connectivity index is 1.78. The number of rotatable bonds is 5. The number of hydrogen-bond acceptors (Lipinski definition) is 3. The van der Waals surface area contributed by atoms with E-state index in [1.165, 1.54) is 0 Å². The van der Waals surface area contributed by atoms with Gasteiger partial charge in [0.1, 0.15) is 0 Å². The average molecular weight is 262 g/mol. The number of nitrogens with two attached hydrogens (primary N) is 1. The third kappa shape index (κ3) is 4.04. The van der Waals surface area contributed by atoms with Crippen molar-refractivity contribution in [2.75, 3.05) is 7.11 Å². The van der Waals surface area contributed by atoms with Crippen LogP contribution in [-0.4, -0.2) is 25.2 Å². The quantitative estimate of drug-likeness (QED) is 0.850. The number of ether oxygens (including phenoxy) is 1. The minimum absolute atomic E-state index is 0.0260. The van der Waals surface area contributed by atoms with Gasteiger partial charge in [-0.25, -0.2) is 0 Å². The van der Waals surface area contributed by atoms with Gasteiger partial charge in [-0.15, -0.1) is 0 Å². The highest BCUT2D eigenvalue weighted by molar-refractivity contribution is 5.77. The van der Waals surface area contributed by atoms with Gasteiger partial charge in [-0.05, 0) is 24.8 Å². The molecular formula is C15H22N2O2. The van der Waals surface area contributed by atoms with E-state index in [4.69, 9.17) is 10.5 Å². The Morgan fingerprint density at radius 2 is 2.16 bits per heavy atom. The van der Waals surface area contributed by atoms with Gasteiger partial charge in [-0.2, -0.15) is 0 Å². The Morgan fingerprint density at radius 3 is 2.79 bits per heavy atom. The normalized spacial score (nSPS) is 24.1. The summed E-state index contributed by atoms with van der Waals surface area (Å²) in [5.41, 5.74) is 7.04. The molecule has 0 spiro atoms. The monoisotopic (exact) mass is 262 g/mol. The van der Waals surface area contributed by atoms with Crippen LogP contribution in [0.2, 0.25) is 0 Å². The molecule has 1 aliphatic rings. The molecule has 0 aromatic heterocycles. The van der Waals surface area contributed by atoms with E-state index in [1.54, 1.807) is 7.11 Å². The lowest BCUT2D eigenvalue weighted by Crippen LogP contribution is -2.35. The second-order valence-corrected chi connectivity index (χ2v) is 5.16. The molecule has 1 aliphatic carbocycles. The van der Waals surface area contributed by atoms with Gasteiger partial charge in [0, 0.05) is 25.6 Å². The largest absolute Gasteiger partial charge is 0.381 e. The number of carbonyl (C=O) groups excluding carboxylic acids is 1. The van der Waals surface area contributed by atoms with Gasteiger partial charge in [0.15, 0.2) is 0 Å². The van der Waals surface area contributed by atoms with Gasteiger partial charge >= 0.3 is 0 Å². The fourth-order valence-electron chi connectivity index (χ4n) is 2.59. The standard InChI is InChI=1S/C15H22N2O2/c1-19-13-8-7-12(9-13)17-15(18)10-14(16)11-5-3-2-4-6-11/h2-6,12-14H,7-10,16H2,1H3,(H,17,18). The molecule has 4 nitrogen and oxygen atoms in total. The zero-order valence-corrected chi connectivity index (χ0v) is 11.3. The van der Waals surface area contributed by atoms with Gasteiger partial charge < -0.3 is 15.8 Å². The first-order valence-corrected chi connectivity index (χ1v) is 6.81. The second kappa shape index (κ2) is 6.68. The maximum absolute atomic E-state index is 11.9. The van der Waals surface area contributed by atoms with Crippen LogP contribution in [-0.2, 0) is 9.53 Å². The lowest BCUT2D eigenvalue weighted by atomic mass is 10.0. The fraction of sp³-hybridized carbons (Fsp3) is 0.533. The SMILES string of the molecule is COC1CCC(NC(=O)CC(N)c2ccccc2)C1. The second-order valence-electron chi connectivity index (χ2n) is 5.16. The molecule has 1 aromatic rings. The van der Waals surface area contributed by atoms with Crippen molar-refractivity contribution in [2.45, 2.75) is 43.9 Å². The van der Waals surface area contributed by atoms with Crippen LogP contribution in [0.15, 0.2) is 30.3 Å². The summed E-state index contributed by atoms with van der Waals surface area (Å²) in [7, 11) is 1.72. The molecule has 1 fully saturated rings. The van der Waals surface area contributed by atoms with E-state index >= 15 is 0 Å². The van der Waals surface area contributed by atoms with Crippen LogP contribution in [0.3, 0.4) is 0 Å². The highest BCUT2D eigenvalue weighted by Crippen LogP contribution is 2.22. The van der Waals surface area contributed by atoms with E-state index in [0.717, 1.165) is 24.8 Å². The molecule has 1 aromatic carbocycles. The van der Waals surface area contributed by atoms with Crippen molar-refractivity contribution < 1.29 is 9.53 Å². The lowest BCUT2D eigenvalue weighted by Gasteiger charge is -2.16. The van der Waals surface area contributed by atoms with Crippen molar-refractivity contribution in [1.82, 2.24) is 5.32 Å². The summed E-state index contributed by atoms with van der Waals surface area (Å²) >= 11 is 0. The summed E-state index contributed by atoms with van der Waals surface area (Å²) in [6.07, 6.45) is 3.53. The van der Waals surface area contributed by atoms with E-state index in [-0.39, 0.29) is 24.1 Å². The van der Waals surface area contributed by atoms with E-state index in [0.29, 0.717) is 6.42 Å². The molecule has 0 heterocycles. The van der Waals surface area contributed by atoms with Gasteiger partial charge in [0.2, 0.25) is 5.91 Å². The van der Waals surface area contributed by atoms with Crippen LogP contribution >= 0.6 is 0 Å². The van der Waals surface area contributed by atoms with Crippen molar-refractivity contribution in [3.8, 4) is 0 Å². The molecule has 3 atom stereocenters. The summed E-state index contributed by atoms with van der Waals surface area (Å²) in [5.74, 6) is 0.0260. The van der Waals surface area contributed by atoms with Crippen LogP contribution in [0, 0.1) is 0 Å². The first kappa shape index (κ1) is 14.0. The van der Waals surface area contributed by atoms with Gasteiger partial charge in [0.05, 0.1) is 6.10 Å². The van der Waals surface area contributed by atoms with Gasteiger partial charge in [-0.1, -0.05) is 30.3 Å². The molecule has 1 saturated carbocycles. The van der Waals surface area contributed by atoms with Crippen LogP contribution in [0.1, 0.15) is 37.3 Å². The Hall–Kier alpha value is -1.39. The minimum Gasteiger partial charge on any atom is -0.381 e. The summed E-state index contributed by atoms with van der Waals surface area (Å²) in [6.45, 7) is 0. The van der Waals surface area contributed by atoms with Gasteiger partial charge in [0.25, 0.3) is 0 Å². The topological polar surface area (TPSA) is 64.3 Å². The zero-order chi connectivity index (χ0) is 13.7. The Bertz CT molecular complexity index is 408. The molecule has 2 rings (SSSR count). The van der Waals surface area contributed by atoms with Crippen LogP contribution in [0.5, 0.6) is 0 Å². The van der Waals surface area contributed by atoms with E-state index in [2.05, 4.69) is 5.32 Å². The average Bonchev–Trinajstić information content (AvgIpc) is 2.87. The molecule has 1 amide bonds. The minimum atomic E-state index is -0.235. The number of methoxy groups -OCH3 is 1. The van der Waals surface area contributed by atoms with E-state index in [9.17, 15) is 4.79 Å². The Kier molecular flexibility index (Phi) is 4.93. The highest BCUT2D eigenvalue weighted by Gasteiger charge is 2.26. The number of hydrogen-bond donors (Lipinski definition) is 2. The number of amides is 1. The van der Waals surface area contributed by atoms with Crippen molar-refractivity contribution in [1.29, 1.82) is 0 Å². The maximum atomic E-state index is 11.9. The highest BCUT2D eigenvalue weighted by atomic mass is 16.5. The molecule has 19 heavy (non-hydrogen) atoms. The summed E-state index contributed by atoms with van der Waals surface area (Å²) < 4.78 is 5.30. The third-order valence-electron chi connectivity index (χ3n) is 3.72. The molecular weight excluding hydrogens is 240 g/mol. The van der Waals surface area contributed by atoms with Crippen molar-refractivity contribution >= 4 is 5.91 Å².